The molecule has 5 amide bonds. The number of hydrogen-bond acceptors (Lipinski definition) is 5. The highest BCUT2D eigenvalue weighted by Crippen LogP contribution is 2.65. The molecule has 0 aromatic heterocycles. The normalized spacial score (nSPS) is 29.8. The molecular formula is C26H38ClF2N5O5. The quantitative estimate of drug-likeness (QED) is 0.314. The van der Waals surface area contributed by atoms with Crippen molar-refractivity contribution < 1.29 is 32.8 Å². The molecule has 6 atom stereocenters. The van der Waals surface area contributed by atoms with E-state index in [1.807, 2.05) is 13.8 Å². The second kappa shape index (κ2) is 10.2. The molecule has 39 heavy (non-hydrogen) atoms. The number of alkyl halides is 3. The summed E-state index contributed by atoms with van der Waals surface area (Å²) in [6.45, 7) is 9.52. The summed E-state index contributed by atoms with van der Waals surface area (Å²) in [4.78, 5) is 66.3. The van der Waals surface area contributed by atoms with Crippen molar-refractivity contribution in [1.82, 2.24) is 26.0 Å². The van der Waals surface area contributed by atoms with Gasteiger partial charge in [-0.3, -0.25) is 29.4 Å². The summed E-state index contributed by atoms with van der Waals surface area (Å²) in [6, 6.07) is -2.13. The van der Waals surface area contributed by atoms with Gasteiger partial charge in [-0.05, 0) is 48.3 Å². The van der Waals surface area contributed by atoms with E-state index in [1.54, 1.807) is 20.8 Å². The van der Waals surface area contributed by atoms with Crippen molar-refractivity contribution in [3.8, 4) is 0 Å². The van der Waals surface area contributed by atoms with Crippen LogP contribution in [0.15, 0.2) is 0 Å². The van der Waals surface area contributed by atoms with Gasteiger partial charge in [-0.15, -0.1) is 0 Å². The number of carbonyl (C=O) groups is 5. The molecule has 218 valence electrons. The fourth-order valence-corrected chi connectivity index (χ4v) is 6.27. The van der Waals surface area contributed by atoms with Crippen LogP contribution in [-0.4, -0.2) is 82.5 Å². The highest BCUT2D eigenvalue weighted by atomic mass is 35.5. The zero-order valence-corrected chi connectivity index (χ0v) is 23.7. The number of fused-ring (bicyclic) bond motifs is 1. The van der Waals surface area contributed by atoms with Gasteiger partial charge in [0.1, 0.15) is 12.1 Å². The topological polar surface area (TPSA) is 128 Å². The molecule has 2 aliphatic heterocycles. The average Bonchev–Trinajstić information content (AvgIpc) is 3.18. The number of nitrogens with one attached hydrogen (secondary N) is 3. The van der Waals surface area contributed by atoms with Crippen molar-refractivity contribution in [2.45, 2.75) is 83.7 Å². The number of piperidine rings is 1. The Morgan fingerprint density at radius 2 is 1.87 bits per heavy atom. The maximum absolute atomic E-state index is 14.8. The first kappa shape index (κ1) is 29.5. The lowest BCUT2D eigenvalue weighted by Gasteiger charge is -2.40. The molecule has 0 unspecified atom stereocenters. The Morgan fingerprint density at radius 1 is 1.23 bits per heavy atom. The second-order valence-electron chi connectivity index (χ2n) is 13.0. The summed E-state index contributed by atoms with van der Waals surface area (Å²) in [5, 5.41) is 5.94. The Morgan fingerprint density at radius 3 is 2.36 bits per heavy atom. The predicted octanol–water partition coefficient (Wildman–Crippen LogP) is 1.42. The van der Waals surface area contributed by atoms with Crippen LogP contribution in [0.2, 0.25) is 0 Å². The third-order valence-electron chi connectivity index (χ3n) is 8.97. The van der Waals surface area contributed by atoms with Crippen molar-refractivity contribution in [3.63, 3.8) is 0 Å². The van der Waals surface area contributed by atoms with Gasteiger partial charge in [-0.2, -0.15) is 0 Å². The number of hydrogen-bond donors (Lipinski definition) is 3. The number of hydrazine groups is 1. The molecule has 10 nitrogen and oxygen atoms in total. The van der Waals surface area contributed by atoms with E-state index in [2.05, 4.69) is 16.1 Å². The monoisotopic (exact) mass is 573 g/mol. The Kier molecular flexibility index (Phi) is 7.68. The number of halogens is 3. The van der Waals surface area contributed by atoms with Crippen LogP contribution in [0.25, 0.3) is 0 Å². The second-order valence-corrected chi connectivity index (χ2v) is 13.4. The van der Waals surface area contributed by atoms with Crippen LogP contribution in [0, 0.1) is 28.6 Å². The van der Waals surface area contributed by atoms with Gasteiger partial charge in [0.05, 0.1) is 12.5 Å². The van der Waals surface area contributed by atoms with E-state index in [0.29, 0.717) is 24.4 Å². The average molecular weight is 574 g/mol. The SMILES string of the molecule is CC(C)(C)[C@H](NC(=O)C1(F)CCC1)C(=O)N1C[C@H]2[C@@H]([C@H]1C(=O)NN(C[C@@H]1CCNC1=O)C(=O)[C@H](F)Cl)C2(C)C. The van der Waals surface area contributed by atoms with E-state index in [1.165, 1.54) is 4.90 Å². The van der Waals surface area contributed by atoms with E-state index >= 15 is 0 Å². The summed E-state index contributed by atoms with van der Waals surface area (Å²) in [5.41, 5.74) is -3.09. The van der Waals surface area contributed by atoms with Gasteiger partial charge in [0, 0.05) is 13.1 Å². The fourth-order valence-electron chi connectivity index (χ4n) is 6.15. The summed E-state index contributed by atoms with van der Waals surface area (Å²) in [7, 11) is 0. The van der Waals surface area contributed by atoms with E-state index in [0.717, 1.165) is 0 Å². The maximum atomic E-state index is 14.8. The molecule has 0 spiro atoms. The fraction of sp³-hybridized carbons (Fsp3) is 0.808. The highest BCUT2D eigenvalue weighted by Gasteiger charge is 2.70. The first-order valence-corrected chi connectivity index (χ1v) is 13.9. The zero-order valence-electron chi connectivity index (χ0n) is 23.0. The van der Waals surface area contributed by atoms with E-state index < -0.39 is 58.3 Å². The van der Waals surface area contributed by atoms with Crippen LogP contribution in [-0.2, 0) is 24.0 Å². The van der Waals surface area contributed by atoms with E-state index in [4.69, 9.17) is 11.6 Å². The number of nitrogens with zero attached hydrogens (tertiary/aromatic N) is 2. The van der Waals surface area contributed by atoms with Gasteiger partial charge in [-0.25, -0.2) is 13.8 Å². The summed E-state index contributed by atoms with van der Waals surface area (Å²) >= 11 is 5.40. The standard InChI is InChI=1S/C26H38ClF2N5O5/c1-24(2,3)17(31-23(39)26(29)8-6-9-26)21(37)33-12-14-15(25(14,4)5)16(33)20(36)32-34(22(38)18(27)28)11-13-7-10-30-19(13)35/h13-18H,6-12H2,1-5H3,(H,30,35)(H,31,39)(H,32,36)/t13-,14-,15-,16-,17+,18-/m0/s1. The Hall–Kier alpha value is -2.50. The molecule has 3 N–H and O–H groups in total. The van der Waals surface area contributed by atoms with Gasteiger partial charge in [0.2, 0.25) is 11.8 Å². The molecule has 13 heteroatoms. The van der Waals surface area contributed by atoms with Crippen LogP contribution in [0.3, 0.4) is 0 Å². The lowest BCUT2D eigenvalue weighted by molar-refractivity contribution is -0.152. The van der Waals surface area contributed by atoms with Crippen molar-refractivity contribution in [1.29, 1.82) is 0 Å². The number of likely N-dealkylation sites (tertiary alicyclic amines) is 1. The van der Waals surface area contributed by atoms with Gasteiger partial charge in [0.25, 0.3) is 23.4 Å². The van der Waals surface area contributed by atoms with Crippen LogP contribution < -0.4 is 16.1 Å². The van der Waals surface area contributed by atoms with E-state index in [-0.39, 0.29) is 49.1 Å². The summed E-state index contributed by atoms with van der Waals surface area (Å²) in [5.74, 6) is -4.55. The summed E-state index contributed by atoms with van der Waals surface area (Å²) in [6.07, 6.45) is 1.17. The van der Waals surface area contributed by atoms with Crippen molar-refractivity contribution in [3.05, 3.63) is 0 Å². The molecule has 0 aromatic rings. The minimum absolute atomic E-state index is 0.0145. The number of rotatable bonds is 7. The molecule has 4 rings (SSSR count). The molecule has 2 saturated heterocycles. The molecule has 4 aliphatic rings. The third kappa shape index (κ3) is 5.45. The Balaban J connectivity index is 1.56. The maximum Gasteiger partial charge on any atom is 0.291 e. The van der Waals surface area contributed by atoms with E-state index in [9.17, 15) is 32.8 Å². The van der Waals surface area contributed by atoms with Crippen LogP contribution in [0.5, 0.6) is 0 Å². The van der Waals surface area contributed by atoms with Gasteiger partial charge < -0.3 is 15.5 Å². The van der Waals surface area contributed by atoms with Crippen LogP contribution in [0.1, 0.15) is 60.3 Å². The minimum Gasteiger partial charge on any atom is -0.356 e. The molecule has 2 saturated carbocycles. The third-order valence-corrected chi connectivity index (χ3v) is 9.15. The van der Waals surface area contributed by atoms with Crippen molar-refractivity contribution >= 4 is 41.1 Å². The highest BCUT2D eigenvalue weighted by molar-refractivity contribution is 6.29. The molecular weight excluding hydrogens is 536 g/mol. The predicted molar refractivity (Wildman–Crippen MR) is 137 cm³/mol. The lowest BCUT2D eigenvalue weighted by Crippen LogP contribution is -2.63. The first-order chi connectivity index (χ1) is 18.0. The van der Waals surface area contributed by atoms with Crippen molar-refractivity contribution in [2.24, 2.45) is 28.6 Å². The summed E-state index contributed by atoms with van der Waals surface area (Å²) < 4.78 is 28.7. The van der Waals surface area contributed by atoms with Gasteiger partial charge in [-0.1, -0.05) is 46.2 Å². The Bertz CT molecular complexity index is 1060. The largest absolute Gasteiger partial charge is 0.356 e. The molecule has 0 radical (unpaired) electrons. The molecule has 2 heterocycles. The zero-order chi connectivity index (χ0) is 29.1. The van der Waals surface area contributed by atoms with Crippen LogP contribution >= 0.6 is 11.6 Å². The lowest BCUT2D eigenvalue weighted by atomic mass is 9.79. The smallest absolute Gasteiger partial charge is 0.291 e. The molecule has 0 aromatic carbocycles. The van der Waals surface area contributed by atoms with Gasteiger partial charge in [0.15, 0.2) is 5.67 Å². The number of amides is 5. The number of carbonyl (C=O) groups excluding carboxylic acids is 5. The molecule has 0 bridgehead atoms. The van der Waals surface area contributed by atoms with Crippen LogP contribution in [0.4, 0.5) is 8.78 Å². The van der Waals surface area contributed by atoms with Gasteiger partial charge >= 0.3 is 0 Å². The Labute approximate surface area is 231 Å². The molecule has 2 aliphatic carbocycles. The van der Waals surface area contributed by atoms with Crippen molar-refractivity contribution in [2.75, 3.05) is 19.6 Å². The first-order valence-electron chi connectivity index (χ1n) is 13.5. The molecule has 4 fully saturated rings. The minimum atomic E-state index is -2.44.